The second kappa shape index (κ2) is 4.96. The smallest absolute Gasteiger partial charge is 0.305 e. The Morgan fingerprint density at radius 3 is 2.73 bits per heavy atom. The Bertz CT molecular complexity index is 309. The lowest BCUT2D eigenvalue weighted by Gasteiger charge is -2.21. The molecule has 0 unspecified atom stereocenters. The summed E-state index contributed by atoms with van der Waals surface area (Å²) in [5.74, 6) is 0.522. The van der Waals surface area contributed by atoms with Crippen LogP contribution >= 0.6 is 0 Å². The summed E-state index contributed by atoms with van der Waals surface area (Å²) in [7, 11) is 0. The molecule has 0 N–H and O–H groups in total. The molecule has 0 saturated carbocycles. The molecule has 1 aliphatic heterocycles. The standard InChI is InChI=1S/C13H16O2/c14-13-9-8-12(10-15-13)7-6-11-4-2-1-3-5-11/h1-5,12H,6-10H2/t12-/m0/s1. The van der Waals surface area contributed by atoms with Crippen LogP contribution in [0.1, 0.15) is 24.8 Å². The molecule has 0 radical (unpaired) electrons. The first kappa shape index (κ1) is 10.2. The first-order valence-corrected chi connectivity index (χ1v) is 5.54. The highest BCUT2D eigenvalue weighted by Gasteiger charge is 2.19. The van der Waals surface area contributed by atoms with Gasteiger partial charge in [0.15, 0.2) is 0 Å². The average Bonchev–Trinajstić information content (AvgIpc) is 2.30. The van der Waals surface area contributed by atoms with E-state index in [1.165, 1.54) is 5.56 Å². The fourth-order valence-electron chi connectivity index (χ4n) is 1.93. The van der Waals surface area contributed by atoms with Gasteiger partial charge in [-0.05, 0) is 30.7 Å². The third-order valence-corrected chi connectivity index (χ3v) is 2.92. The number of cyclic esters (lactones) is 1. The number of carbonyl (C=O) groups excluding carboxylic acids is 1. The molecule has 0 amide bonds. The molecule has 1 heterocycles. The molecule has 0 aliphatic carbocycles. The predicted octanol–water partition coefficient (Wildman–Crippen LogP) is 2.57. The summed E-state index contributed by atoms with van der Waals surface area (Å²) in [5.41, 5.74) is 1.37. The third-order valence-electron chi connectivity index (χ3n) is 2.92. The summed E-state index contributed by atoms with van der Waals surface area (Å²) in [6.07, 6.45) is 3.80. The van der Waals surface area contributed by atoms with Crippen molar-refractivity contribution in [3.63, 3.8) is 0 Å². The van der Waals surface area contributed by atoms with Gasteiger partial charge in [-0.1, -0.05) is 30.3 Å². The monoisotopic (exact) mass is 204 g/mol. The van der Waals surface area contributed by atoms with Crippen molar-refractivity contribution in [3.05, 3.63) is 35.9 Å². The SMILES string of the molecule is O=C1CC[C@H](CCc2ccccc2)CO1. The van der Waals surface area contributed by atoms with Gasteiger partial charge in [0.05, 0.1) is 6.61 Å². The number of aryl methyl sites for hydroxylation is 1. The summed E-state index contributed by atoms with van der Waals surface area (Å²) < 4.78 is 5.04. The highest BCUT2D eigenvalue weighted by Crippen LogP contribution is 2.20. The van der Waals surface area contributed by atoms with E-state index < -0.39 is 0 Å². The Labute approximate surface area is 90.3 Å². The molecular weight excluding hydrogens is 188 g/mol. The van der Waals surface area contributed by atoms with Crippen LogP contribution in [0, 0.1) is 5.92 Å². The molecule has 2 nitrogen and oxygen atoms in total. The zero-order chi connectivity index (χ0) is 10.5. The van der Waals surface area contributed by atoms with Gasteiger partial charge in [-0.25, -0.2) is 0 Å². The van der Waals surface area contributed by atoms with Crippen molar-refractivity contribution >= 4 is 5.97 Å². The maximum absolute atomic E-state index is 10.9. The van der Waals surface area contributed by atoms with E-state index in [9.17, 15) is 4.79 Å². The maximum atomic E-state index is 10.9. The van der Waals surface area contributed by atoms with Crippen molar-refractivity contribution in [2.75, 3.05) is 6.61 Å². The molecule has 1 aromatic rings. The molecule has 0 spiro atoms. The highest BCUT2D eigenvalue weighted by molar-refractivity contribution is 5.69. The van der Waals surface area contributed by atoms with Gasteiger partial charge < -0.3 is 4.74 Å². The van der Waals surface area contributed by atoms with E-state index in [1.807, 2.05) is 6.07 Å². The molecule has 1 aliphatic rings. The van der Waals surface area contributed by atoms with Crippen LogP contribution in [0.2, 0.25) is 0 Å². The lowest BCUT2D eigenvalue weighted by molar-refractivity contribution is -0.149. The van der Waals surface area contributed by atoms with Crippen molar-refractivity contribution in [1.82, 2.24) is 0 Å². The van der Waals surface area contributed by atoms with Gasteiger partial charge in [-0.2, -0.15) is 0 Å². The molecule has 2 heteroatoms. The van der Waals surface area contributed by atoms with Crippen LogP contribution in [0.15, 0.2) is 30.3 Å². The Balaban J connectivity index is 1.77. The van der Waals surface area contributed by atoms with Crippen LogP contribution in [0.4, 0.5) is 0 Å². The molecule has 80 valence electrons. The van der Waals surface area contributed by atoms with E-state index in [4.69, 9.17) is 4.74 Å². The fraction of sp³-hybridized carbons (Fsp3) is 0.462. The first-order chi connectivity index (χ1) is 7.34. The van der Waals surface area contributed by atoms with Crippen LogP contribution in [-0.2, 0) is 16.0 Å². The molecule has 1 atom stereocenters. The third kappa shape index (κ3) is 3.08. The topological polar surface area (TPSA) is 26.3 Å². The number of carbonyl (C=O) groups is 1. The second-order valence-corrected chi connectivity index (χ2v) is 4.11. The van der Waals surface area contributed by atoms with Crippen LogP contribution in [0.3, 0.4) is 0 Å². The van der Waals surface area contributed by atoms with E-state index in [0.717, 1.165) is 19.3 Å². The van der Waals surface area contributed by atoms with Gasteiger partial charge in [0.2, 0.25) is 0 Å². The molecule has 1 aromatic carbocycles. The van der Waals surface area contributed by atoms with Gasteiger partial charge >= 0.3 is 5.97 Å². The van der Waals surface area contributed by atoms with Crippen LogP contribution < -0.4 is 0 Å². The van der Waals surface area contributed by atoms with Crippen LogP contribution in [0.5, 0.6) is 0 Å². The number of rotatable bonds is 3. The number of esters is 1. The highest BCUT2D eigenvalue weighted by atomic mass is 16.5. The number of hydrogen-bond donors (Lipinski definition) is 0. The molecular formula is C13H16O2. The number of benzene rings is 1. The molecule has 2 rings (SSSR count). The predicted molar refractivity (Wildman–Crippen MR) is 58.4 cm³/mol. The van der Waals surface area contributed by atoms with Gasteiger partial charge in [0.1, 0.15) is 0 Å². The minimum atomic E-state index is -0.0361. The van der Waals surface area contributed by atoms with Gasteiger partial charge in [-0.15, -0.1) is 0 Å². The van der Waals surface area contributed by atoms with Crippen molar-refractivity contribution in [2.24, 2.45) is 5.92 Å². The minimum Gasteiger partial charge on any atom is -0.465 e. The molecule has 0 bridgehead atoms. The van der Waals surface area contributed by atoms with Gasteiger partial charge in [-0.3, -0.25) is 4.79 Å². The average molecular weight is 204 g/mol. The van der Waals surface area contributed by atoms with Crippen molar-refractivity contribution in [3.8, 4) is 0 Å². The summed E-state index contributed by atoms with van der Waals surface area (Å²) in [6.45, 7) is 0.617. The zero-order valence-corrected chi connectivity index (χ0v) is 8.82. The van der Waals surface area contributed by atoms with Crippen molar-refractivity contribution in [1.29, 1.82) is 0 Å². The molecule has 15 heavy (non-hydrogen) atoms. The lowest BCUT2D eigenvalue weighted by Crippen LogP contribution is -2.21. The Morgan fingerprint density at radius 1 is 1.27 bits per heavy atom. The van der Waals surface area contributed by atoms with Crippen molar-refractivity contribution in [2.45, 2.75) is 25.7 Å². The van der Waals surface area contributed by atoms with Crippen molar-refractivity contribution < 1.29 is 9.53 Å². The number of hydrogen-bond acceptors (Lipinski definition) is 2. The second-order valence-electron chi connectivity index (χ2n) is 4.11. The fourth-order valence-corrected chi connectivity index (χ4v) is 1.93. The van der Waals surface area contributed by atoms with E-state index in [2.05, 4.69) is 24.3 Å². The molecule has 1 saturated heterocycles. The van der Waals surface area contributed by atoms with E-state index in [-0.39, 0.29) is 5.97 Å². The Hall–Kier alpha value is -1.31. The summed E-state index contributed by atoms with van der Waals surface area (Å²) in [6, 6.07) is 10.5. The Morgan fingerprint density at radius 2 is 2.07 bits per heavy atom. The summed E-state index contributed by atoms with van der Waals surface area (Å²) >= 11 is 0. The van der Waals surface area contributed by atoms with E-state index >= 15 is 0 Å². The van der Waals surface area contributed by atoms with Gasteiger partial charge in [0, 0.05) is 6.42 Å². The van der Waals surface area contributed by atoms with E-state index in [0.29, 0.717) is 18.9 Å². The first-order valence-electron chi connectivity index (χ1n) is 5.54. The summed E-state index contributed by atoms with van der Waals surface area (Å²) in [5, 5.41) is 0. The zero-order valence-electron chi connectivity index (χ0n) is 8.82. The quantitative estimate of drug-likeness (QED) is 0.707. The van der Waals surface area contributed by atoms with Gasteiger partial charge in [0.25, 0.3) is 0 Å². The molecule has 0 aromatic heterocycles. The normalized spacial score (nSPS) is 21.1. The Kier molecular flexibility index (Phi) is 3.38. The number of ether oxygens (including phenoxy) is 1. The van der Waals surface area contributed by atoms with Crippen LogP contribution in [0.25, 0.3) is 0 Å². The van der Waals surface area contributed by atoms with E-state index in [1.54, 1.807) is 0 Å². The lowest BCUT2D eigenvalue weighted by atomic mass is 9.94. The van der Waals surface area contributed by atoms with Crippen LogP contribution in [-0.4, -0.2) is 12.6 Å². The molecule has 1 fully saturated rings. The minimum absolute atomic E-state index is 0.0361. The summed E-state index contributed by atoms with van der Waals surface area (Å²) in [4.78, 5) is 10.9. The largest absolute Gasteiger partial charge is 0.465 e. The maximum Gasteiger partial charge on any atom is 0.305 e.